The van der Waals surface area contributed by atoms with Gasteiger partial charge in [0, 0.05) is 20.4 Å². The molecule has 0 radical (unpaired) electrons. The molecule has 0 saturated carbocycles. The van der Waals surface area contributed by atoms with E-state index in [4.69, 9.17) is 11.6 Å². The molecule has 0 fully saturated rings. The number of sulfone groups is 1. The molecule has 1 aromatic carbocycles. The van der Waals surface area contributed by atoms with Gasteiger partial charge in [-0.1, -0.05) is 6.07 Å². The van der Waals surface area contributed by atoms with E-state index < -0.39 is 20.0 Å². The lowest BCUT2D eigenvalue weighted by atomic mass is 10.0. The van der Waals surface area contributed by atoms with Crippen LogP contribution in [-0.4, -0.2) is 28.6 Å². The summed E-state index contributed by atoms with van der Waals surface area (Å²) in [5, 5.41) is -0.702. The monoisotopic (exact) mass is 330 g/mol. The number of aryl methyl sites for hydroxylation is 2. The van der Waals surface area contributed by atoms with Gasteiger partial charge in [0.2, 0.25) is 0 Å². The molecule has 0 spiro atoms. The third-order valence-electron chi connectivity index (χ3n) is 4.15. The van der Waals surface area contributed by atoms with Crippen molar-refractivity contribution < 1.29 is 8.42 Å². The zero-order chi connectivity index (χ0) is 16.2. The van der Waals surface area contributed by atoms with Crippen LogP contribution < -0.4 is 5.69 Å². The first kappa shape index (κ1) is 16.1. The van der Waals surface area contributed by atoms with Gasteiger partial charge in [0.1, 0.15) is 0 Å². The number of alkyl halides is 1. The Balaban J connectivity index is 2.64. The normalized spacial score (nSPS) is 14.6. The molecule has 116 valence electrons. The first-order valence-electron chi connectivity index (χ1n) is 6.47. The largest absolute Gasteiger partial charge is 0.328 e. The number of benzene rings is 1. The number of imidazole rings is 1. The van der Waals surface area contributed by atoms with E-state index in [1.807, 2.05) is 0 Å². The van der Waals surface area contributed by atoms with Gasteiger partial charge in [-0.3, -0.25) is 9.13 Å². The summed E-state index contributed by atoms with van der Waals surface area (Å²) in [7, 11) is 0.0555. The van der Waals surface area contributed by atoms with Crippen LogP contribution in [0.1, 0.15) is 24.8 Å². The Labute approximate surface area is 129 Å². The van der Waals surface area contributed by atoms with Crippen LogP contribution in [0.4, 0.5) is 0 Å². The minimum absolute atomic E-state index is 0.129. The lowest BCUT2D eigenvalue weighted by Crippen LogP contribution is -2.35. The standard InChI is InChI=1S/C14H19ClN2O3S/c1-14(2,21(5,19)20)12(15)9-6-7-10-11(8-9)17(4)13(18)16(10)3/h6-8,12H,1-5H3. The van der Waals surface area contributed by atoms with Crippen molar-refractivity contribution in [2.45, 2.75) is 24.0 Å². The summed E-state index contributed by atoms with van der Waals surface area (Å²) >= 11 is 6.41. The van der Waals surface area contributed by atoms with Crippen LogP contribution in [0.5, 0.6) is 0 Å². The van der Waals surface area contributed by atoms with Crippen molar-refractivity contribution in [1.82, 2.24) is 9.13 Å². The molecule has 7 heteroatoms. The fourth-order valence-electron chi connectivity index (χ4n) is 2.27. The molecule has 0 bridgehead atoms. The van der Waals surface area contributed by atoms with Gasteiger partial charge >= 0.3 is 5.69 Å². The maximum Gasteiger partial charge on any atom is 0.328 e. The van der Waals surface area contributed by atoms with Crippen LogP contribution in [0.3, 0.4) is 0 Å². The number of hydrogen-bond donors (Lipinski definition) is 0. The predicted octanol–water partition coefficient (Wildman–Crippen LogP) is 1.98. The SMILES string of the molecule is Cn1c(=O)n(C)c2cc(C(Cl)C(C)(C)S(C)(=O)=O)ccc21. The summed E-state index contributed by atoms with van der Waals surface area (Å²) in [6.07, 6.45) is 1.18. The van der Waals surface area contributed by atoms with Gasteiger partial charge < -0.3 is 0 Å². The molecule has 1 unspecified atom stereocenters. The first-order valence-corrected chi connectivity index (χ1v) is 8.80. The number of fused-ring (bicyclic) bond motifs is 1. The van der Waals surface area contributed by atoms with Crippen LogP contribution >= 0.6 is 11.6 Å². The Morgan fingerprint density at radius 2 is 1.67 bits per heavy atom. The van der Waals surface area contributed by atoms with E-state index in [2.05, 4.69) is 0 Å². The Bertz CT molecular complexity index is 862. The van der Waals surface area contributed by atoms with Gasteiger partial charge in [-0.25, -0.2) is 13.2 Å². The van der Waals surface area contributed by atoms with Crippen molar-refractivity contribution in [1.29, 1.82) is 0 Å². The molecule has 1 aromatic heterocycles. The molecule has 0 saturated heterocycles. The maximum absolute atomic E-state index is 11.9. The van der Waals surface area contributed by atoms with Crippen molar-refractivity contribution in [2.24, 2.45) is 14.1 Å². The highest BCUT2D eigenvalue weighted by Crippen LogP contribution is 2.38. The average Bonchev–Trinajstić information content (AvgIpc) is 2.61. The fourth-order valence-corrected chi connectivity index (χ4v) is 3.40. The Hall–Kier alpha value is -1.27. The maximum atomic E-state index is 11.9. The molecule has 1 heterocycles. The molecule has 0 aliphatic carbocycles. The van der Waals surface area contributed by atoms with Gasteiger partial charge in [0.05, 0.1) is 21.2 Å². The minimum Gasteiger partial charge on any atom is -0.295 e. The van der Waals surface area contributed by atoms with Crippen LogP contribution in [0.2, 0.25) is 0 Å². The summed E-state index contributed by atoms with van der Waals surface area (Å²) in [5.74, 6) is 0. The highest BCUT2D eigenvalue weighted by molar-refractivity contribution is 7.92. The first-order chi connectivity index (χ1) is 9.48. The number of rotatable bonds is 3. The van der Waals surface area contributed by atoms with E-state index in [9.17, 15) is 13.2 Å². The summed E-state index contributed by atoms with van der Waals surface area (Å²) < 4.78 is 25.8. The summed E-state index contributed by atoms with van der Waals surface area (Å²) in [6, 6.07) is 5.34. The van der Waals surface area contributed by atoms with Gasteiger partial charge in [-0.15, -0.1) is 11.6 Å². The Morgan fingerprint density at radius 1 is 1.14 bits per heavy atom. The lowest BCUT2D eigenvalue weighted by Gasteiger charge is -2.28. The quantitative estimate of drug-likeness (QED) is 0.808. The molecule has 0 amide bonds. The molecule has 0 aliphatic heterocycles. The number of nitrogens with zero attached hydrogens (tertiary/aromatic N) is 2. The minimum atomic E-state index is -3.32. The smallest absolute Gasteiger partial charge is 0.295 e. The van der Waals surface area contributed by atoms with Gasteiger partial charge in [-0.2, -0.15) is 0 Å². The number of halogens is 1. The fraction of sp³-hybridized carbons (Fsp3) is 0.500. The third kappa shape index (κ3) is 2.40. The van der Waals surface area contributed by atoms with Crippen molar-refractivity contribution in [2.75, 3.05) is 6.26 Å². The third-order valence-corrected chi connectivity index (χ3v) is 7.23. The molecule has 21 heavy (non-hydrogen) atoms. The zero-order valence-electron chi connectivity index (χ0n) is 12.7. The van der Waals surface area contributed by atoms with Gasteiger partial charge in [0.25, 0.3) is 0 Å². The molecule has 5 nitrogen and oxygen atoms in total. The average molecular weight is 331 g/mol. The highest BCUT2D eigenvalue weighted by atomic mass is 35.5. The molecular formula is C14H19ClN2O3S. The van der Waals surface area contributed by atoms with Crippen LogP contribution in [0.15, 0.2) is 23.0 Å². The van der Waals surface area contributed by atoms with Gasteiger partial charge in [-0.05, 0) is 31.5 Å². The van der Waals surface area contributed by atoms with E-state index in [0.717, 1.165) is 11.0 Å². The van der Waals surface area contributed by atoms with E-state index in [1.165, 1.54) is 10.8 Å². The van der Waals surface area contributed by atoms with E-state index in [-0.39, 0.29) is 5.69 Å². The van der Waals surface area contributed by atoms with E-state index >= 15 is 0 Å². The predicted molar refractivity (Wildman–Crippen MR) is 85.7 cm³/mol. The van der Waals surface area contributed by atoms with Crippen molar-refractivity contribution in [3.05, 3.63) is 34.2 Å². The summed E-state index contributed by atoms with van der Waals surface area (Å²) in [6.45, 7) is 3.21. The van der Waals surface area contributed by atoms with E-state index in [1.54, 1.807) is 50.7 Å². The lowest BCUT2D eigenvalue weighted by molar-refractivity contribution is 0.544. The molecule has 0 N–H and O–H groups in total. The van der Waals surface area contributed by atoms with E-state index in [0.29, 0.717) is 5.56 Å². The molecular weight excluding hydrogens is 312 g/mol. The second-order valence-corrected chi connectivity index (χ2v) is 8.92. The Kier molecular flexibility index (Phi) is 3.74. The second-order valence-electron chi connectivity index (χ2n) is 5.89. The topological polar surface area (TPSA) is 61.1 Å². The Morgan fingerprint density at radius 3 is 2.19 bits per heavy atom. The summed E-state index contributed by atoms with van der Waals surface area (Å²) in [5.41, 5.74) is 2.07. The highest BCUT2D eigenvalue weighted by Gasteiger charge is 2.39. The van der Waals surface area contributed by atoms with Crippen molar-refractivity contribution >= 4 is 32.5 Å². The van der Waals surface area contributed by atoms with Gasteiger partial charge in [0.15, 0.2) is 9.84 Å². The van der Waals surface area contributed by atoms with Crippen LogP contribution in [0, 0.1) is 0 Å². The van der Waals surface area contributed by atoms with Crippen molar-refractivity contribution in [3.8, 4) is 0 Å². The zero-order valence-corrected chi connectivity index (χ0v) is 14.3. The molecule has 0 aliphatic rings. The van der Waals surface area contributed by atoms with Crippen LogP contribution in [-0.2, 0) is 23.9 Å². The number of hydrogen-bond acceptors (Lipinski definition) is 3. The molecule has 2 aromatic rings. The number of aromatic nitrogens is 2. The molecule has 2 rings (SSSR count). The van der Waals surface area contributed by atoms with Crippen LogP contribution in [0.25, 0.3) is 11.0 Å². The second kappa shape index (κ2) is 4.88. The summed E-state index contributed by atoms with van der Waals surface area (Å²) in [4.78, 5) is 11.9. The van der Waals surface area contributed by atoms with Crippen molar-refractivity contribution in [3.63, 3.8) is 0 Å². The molecule has 1 atom stereocenters.